The highest BCUT2D eigenvalue weighted by molar-refractivity contribution is 6.30. The minimum atomic E-state index is -0.894. The summed E-state index contributed by atoms with van der Waals surface area (Å²) in [5, 5.41) is 10.4. The van der Waals surface area contributed by atoms with E-state index in [2.05, 4.69) is 0 Å². The van der Waals surface area contributed by atoms with Gasteiger partial charge in [0.2, 0.25) is 0 Å². The molecule has 0 fully saturated rings. The zero-order valence-corrected chi connectivity index (χ0v) is 11.1. The predicted octanol–water partition coefficient (Wildman–Crippen LogP) is 4.18. The van der Waals surface area contributed by atoms with E-state index in [9.17, 15) is 13.9 Å². The van der Waals surface area contributed by atoms with Crippen LogP contribution in [0.15, 0.2) is 36.4 Å². The predicted molar refractivity (Wildman–Crippen MR) is 70.8 cm³/mol. The summed E-state index contributed by atoms with van der Waals surface area (Å²) in [7, 11) is 0. The number of aliphatic hydroxyl groups is 1. The molecule has 0 aliphatic carbocycles. The van der Waals surface area contributed by atoms with Crippen LogP contribution in [0, 0.1) is 11.6 Å². The number of halogens is 3. The maximum Gasteiger partial charge on any atom is 0.131 e. The molecule has 0 aromatic heterocycles. The van der Waals surface area contributed by atoms with Crippen LogP contribution in [0.5, 0.6) is 5.75 Å². The van der Waals surface area contributed by atoms with Crippen LogP contribution < -0.4 is 4.74 Å². The van der Waals surface area contributed by atoms with Gasteiger partial charge in [0.25, 0.3) is 0 Å². The van der Waals surface area contributed by atoms with Gasteiger partial charge in [0.15, 0.2) is 0 Å². The lowest BCUT2D eigenvalue weighted by Crippen LogP contribution is -2.20. The average Bonchev–Trinajstić information content (AvgIpc) is 2.39. The van der Waals surface area contributed by atoms with Crippen LogP contribution in [-0.2, 0) is 0 Å². The first-order valence-electron chi connectivity index (χ1n) is 6.13. The lowest BCUT2D eigenvalue weighted by Gasteiger charge is -2.30. The third-order valence-electron chi connectivity index (χ3n) is 3.35. The second kappa shape index (κ2) is 5.04. The largest absolute Gasteiger partial charge is 0.485 e. The lowest BCUT2D eigenvalue weighted by molar-refractivity contribution is 0.0636. The first kappa shape index (κ1) is 13.3. The molecule has 1 aliphatic rings. The van der Waals surface area contributed by atoms with Crippen molar-refractivity contribution in [3.05, 3.63) is 64.2 Å². The van der Waals surface area contributed by atoms with Crippen LogP contribution in [0.1, 0.15) is 29.8 Å². The first-order valence-corrected chi connectivity index (χ1v) is 6.51. The number of hydrogen-bond donors (Lipinski definition) is 1. The van der Waals surface area contributed by atoms with E-state index in [0.29, 0.717) is 21.9 Å². The van der Waals surface area contributed by atoms with E-state index >= 15 is 0 Å². The molecule has 2 atom stereocenters. The van der Waals surface area contributed by atoms with Crippen molar-refractivity contribution >= 4 is 11.6 Å². The smallest absolute Gasteiger partial charge is 0.131 e. The van der Waals surface area contributed by atoms with E-state index < -0.39 is 23.8 Å². The number of benzene rings is 2. The van der Waals surface area contributed by atoms with Gasteiger partial charge in [-0.3, -0.25) is 0 Å². The summed E-state index contributed by atoms with van der Waals surface area (Å²) in [6.07, 6.45) is -1.36. The van der Waals surface area contributed by atoms with Crippen LogP contribution >= 0.6 is 11.6 Å². The summed E-state index contributed by atoms with van der Waals surface area (Å²) in [5.74, 6) is -0.563. The summed E-state index contributed by atoms with van der Waals surface area (Å²) in [6, 6.07) is 8.21. The second-order valence-corrected chi connectivity index (χ2v) is 5.14. The Kier molecular flexibility index (Phi) is 3.36. The van der Waals surface area contributed by atoms with Crippen molar-refractivity contribution in [3.8, 4) is 5.75 Å². The van der Waals surface area contributed by atoms with Crippen LogP contribution in [0.25, 0.3) is 0 Å². The molecule has 0 spiro atoms. The maximum absolute atomic E-state index is 13.9. The molecule has 5 heteroatoms. The highest BCUT2D eigenvalue weighted by Gasteiger charge is 2.30. The molecule has 20 heavy (non-hydrogen) atoms. The Morgan fingerprint density at radius 1 is 1.10 bits per heavy atom. The van der Waals surface area contributed by atoms with E-state index in [1.807, 2.05) is 0 Å². The summed E-state index contributed by atoms with van der Waals surface area (Å²) in [4.78, 5) is 0. The number of hydrogen-bond acceptors (Lipinski definition) is 2. The first-order chi connectivity index (χ1) is 9.54. The molecular formula is C15H11ClF2O2. The Labute approximate surface area is 119 Å². The van der Waals surface area contributed by atoms with Crippen molar-refractivity contribution in [1.29, 1.82) is 0 Å². The fourth-order valence-corrected chi connectivity index (χ4v) is 2.53. The zero-order valence-electron chi connectivity index (χ0n) is 10.3. The summed E-state index contributed by atoms with van der Waals surface area (Å²) in [6.45, 7) is 0. The van der Waals surface area contributed by atoms with E-state index in [0.717, 1.165) is 0 Å². The Morgan fingerprint density at radius 3 is 2.65 bits per heavy atom. The van der Waals surface area contributed by atoms with Gasteiger partial charge in [-0.25, -0.2) is 8.78 Å². The number of aliphatic hydroxyl groups excluding tert-OH is 1. The number of rotatable bonds is 1. The maximum atomic E-state index is 13.9. The molecule has 0 radical (unpaired) electrons. The number of fused-ring (bicyclic) bond motifs is 1. The van der Waals surface area contributed by atoms with Gasteiger partial charge in [-0.1, -0.05) is 17.7 Å². The van der Waals surface area contributed by atoms with Crippen LogP contribution in [0.3, 0.4) is 0 Å². The van der Waals surface area contributed by atoms with Gasteiger partial charge in [0.1, 0.15) is 23.5 Å². The molecule has 2 unspecified atom stereocenters. The SMILES string of the molecule is OC1CC(c2ccc(Cl)cc2F)Oc2ccc(F)cc21. The van der Waals surface area contributed by atoms with Crippen molar-refractivity contribution in [2.45, 2.75) is 18.6 Å². The van der Waals surface area contributed by atoms with Gasteiger partial charge in [-0.05, 0) is 30.3 Å². The quantitative estimate of drug-likeness (QED) is 0.855. The molecule has 1 N–H and O–H groups in total. The zero-order chi connectivity index (χ0) is 14.3. The van der Waals surface area contributed by atoms with Crippen molar-refractivity contribution in [3.63, 3.8) is 0 Å². The standard InChI is InChI=1S/C15H11ClF2O2/c16-8-1-3-10(12(18)5-8)15-7-13(19)11-6-9(17)2-4-14(11)20-15/h1-6,13,15,19H,7H2. The molecule has 1 aliphatic heterocycles. The van der Waals surface area contributed by atoms with Crippen molar-refractivity contribution in [2.75, 3.05) is 0 Å². The van der Waals surface area contributed by atoms with Crippen LogP contribution in [0.4, 0.5) is 8.78 Å². The van der Waals surface area contributed by atoms with Crippen molar-refractivity contribution in [1.82, 2.24) is 0 Å². The molecule has 2 aromatic carbocycles. The molecule has 0 saturated heterocycles. The van der Waals surface area contributed by atoms with Crippen molar-refractivity contribution in [2.24, 2.45) is 0 Å². The van der Waals surface area contributed by atoms with Gasteiger partial charge in [0, 0.05) is 22.6 Å². The molecule has 2 nitrogen and oxygen atoms in total. The highest BCUT2D eigenvalue weighted by atomic mass is 35.5. The van der Waals surface area contributed by atoms with Gasteiger partial charge in [0.05, 0.1) is 6.10 Å². The van der Waals surface area contributed by atoms with E-state index in [-0.39, 0.29) is 6.42 Å². The van der Waals surface area contributed by atoms with Crippen LogP contribution in [0.2, 0.25) is 5.02 Å². The minimum absolute atomic E-state index is 0.162. The number of ether oxygens (including phenoxy) is 1. The minimum Gasteiger partial charge on any atom is -0.485 e. The molecule has 1 heterocycles. The van der Waals surface area contributed by atoms with Gasteiger partial charge < -0.3 is 9.84 Å². The molecule has 104 valence electrons. The normalized spacial score (nSPS) is 21.2. The fourth-order valence-electron chi connectivity index (χ4n) is 2.37. The Balaban J connectivity index is 1.97. The summed E-state index contributed by atoms with van der Waals surface area (Å²) >= 11 is 5.71. The van der Waals surface area contributed by atoms with E-state index in [1.54, 1.807) is 6.07 Å². The molecule has 0 saturated carbocycles. The molecular weight excluding hydrogens is 286 g/mol. The third-order valence-corrected chi connectivity index (χ3v) is 3.58. The fraction of sp³-hybridized carbons (Fsp3) is 0.200. The Bertz CT molecular complexity index is 660. The monoisotopic (exact) mass is 296 g/mol. The topological polar surface area (TPSA) is 29.5 Å². The third kappa shape index (κ3) is 2.37. The summed E-state index contributed by atoms with van der Waals surface area (Å²) < 4.78 is 32.7. The lowest BCUT2D eigenvalue weighted by atomic mass is 9.94. The van der Waals surface area contributed by atoms with Gasteiger partial charge >= 0.3 is 0 Å². The Morgan fingerprint density at radius 2 is 1.90 bits per heavy atom. The van der Waals surface area contributed by atoms with Gasteiger partial charge in [-0.2, -0.15) is 0 Å². The molecule has 0 amide bonds. The van der Waals surface area contributed by atoms with E-state index in [4.69, 9.17) is 16.3 Å². The van der Waals surface area contributed by atoms with Gasteiger partial charge in [-0.15, -0.1) is 0 Å². The highest BCUT2D eigenvalue weighted by Crippen LogP contribution is 2.41. The van der Waals surface area contributed by atoms with E-state index in [1.165, 1.54) is 30.3 Å². The molecule has 2 aromatic rings. The second-order valence-electron chi connectivity index (χ2n) is 4.71. The van der Waals surface area contributed by atoms with Crippen molar-refractivity contribution < 1.29 is 18.6 Å². The van der Waals surface area contributed by atoms with Crippen LogP contribution in [-0.4, -0.2) is 5.11 Å². The molecule has 3 rings (SSSR count). The molecule has 0 bridgehead atoms. The Hall–Kier alpha value is -1.65. The average molecular weight is 297 g/mol. The summed E-state index contributed by atoms with van der Waals surface area (Å²) in [5.41, 5.74) is 0.707.